The van der Waals surface area contributed by atoms with Crippen molar-refractivity contribution in [3.63, 3.8) is 0 Å². The van der Waals surface area contributed by atoms with Gasteiger partial charge < -0.3 is 5.32 Å². The van der Waals surface area contributed by atoms with Crippen LogP contribution in [0.4, 0.5) is 11.4 Å². The number of hydrogen-bond acceptors (Lipinski definition) is 3. The molecule has 1 N–H and O–H groups in total. The Morgan fingerprint density at radius 3 is 2.70 bits per heavy atom. The third-order valence-electron chi connectivity index (χ3n) is 3.87. The van der Waals surface area contributed by atoms with E-state index in [1.165, 1.54) is 10.8 Å². The van der Waals surface area contributed by atoms with Crippen molar-refractivity contribution in [2.24, 2.45) is 10.4 Å². The lowest BCUT2D eigenvalue weighted by Crippen LogP contribution is -2.32. The van der Waals surface area contributed by atoms with E-state index in [0.717, 1.165) is 23.6 Å². The number of rotatable bonds is 3. The summed E-state index contributed by atoms with van der Waals surface area (Å²) < 4.78 is 0. The van der Waals surface area contributed by atoms with E-state index in [2.05, 4.69) is 49.5 Å². The van der Waals surface area contributed by atoms with Crippen LogP contribution in [-0.4, -0.2) is 5.84 Å². The molecular formula is C17H17N3. The molecule has 0 bridgehead atoms. The lowest BCUT2D eigenvalue weighted by Gasteiger charge is -2.30. The summed E-state index contributed by atoms with van der Waals surface area (Å²) in [5.74, 6) is 0.943. The third-order valence-corrected chi connectivity index (χ3v) is 3.87. The first-order valence-corrected chi connectivity index (χ1v) is 6.87. The summed E-state index contributed by atoms with van der Waals surface area (Å²) in [5, 5.41) is 14.6. The number of anilines is 1. The van der Waals surface area contributed by atoms with E-state index in [1.54, 1.807) is 0 Å². The van der Waals surface area contributed by atoms with Crippen LogP contribution in [0.2, 0.25) is 0 Å². The summed E-state index contributed by atoms with van der Waals surface area (Å²) in [6.45, 7) is 4.26. The Morgan fingerprint density at radius 1 is 1.20 bits per heavy atom. The van der Waals surface area contributed by atoms with Crippen LogP contribution >= 0.6 is 0 Å². The lowest BCUT2D eigenvalue weighted by molar-refractivity contribution is 0.482. The van der Waals surface area contributed by atoms with Gasteiger partial charge in [0.25, 0.3) is 0 Å². The largest absolute Gasteiger partial charge is 0.343 e. The van der Waals surface area contributed by atoms with Crippen molar-refractivity contribution < 1.29 is 0 Å². The quantitative estimate of drug-likeness (QED) is 0.878. The van der Waals surface area contributed by atoms with Crippen molar-refractivity contribution in [3.8, 4) is 6.07 Å². The second-order valence-corrected chi connectivity index (χ2v) is 5.81. The fourth-order valence-corrected chi connectivity index (χ4v) is 2.60. The van der Waals surface area contributed by atoms with E-state index in [0.29, 0.717) is 6.42 Å². The minimum absolute atomic E-state index is 0.134. The molecule has 0 radical (unpaired) electrons. The molecule has 3 heteroatoms. The average molecular weight is 263 g/mol. The number of aliphatic imine (C=N–C) groups is 1. The van der Waals surface area contributed by atoms with Gasteiger partial charge in [-0.2, -0.15) is 5.26 Å². The van der Waals surface area contributed by atoms with Gasteiger partial charge in [0.05, 0.1) is 11.8 Å². The molecule has 3 nitrogen and oxygen atoms in total. The molecule has 3 rings (SSSR count). The number of nitriles is 1. The Balaban J connectivity index is 2.09. The fourth-order valence-electron chi connectivity index (χ4n) is 2.60. The van der Waals surface area contributed by atoms with E-state index in [4.69, 9.17) is 10.3 Å². The first-order valence-electron chi connectivity index (χ1n) is 6.87. The fraction of sp³-hybridized carbons (Fsp3) is 0.294. The molecule has 0 saturated carbocycles. The molecular weight excluding hydrogens is 246 g/mol. The molecule has 1 aliphatic heterocycles. The first kappa shape index (κ1) is 12.7. The third kappa shape index (κ3) is 2.04. The molecule has 0 fully saturated rings. The normalized spacial score (nSPS) is 13.6. The van der Waals surface area contributed by atoms with Crippen LogP contribution in [0.15, 0.2) is 41.4 Å². The molecule has 100 valence electrons. The van der Waals surface area contributed by atoms with Crippen LogP contribution in [0.3, 0.4) is 0 Å². The average Bonchev–Trinajstić information content (AvgIpc) is 2.46. The molecule has 0 atom stereocenters. The van der Waals surface area contributed by atoms with Crippen LogP contribution in [0.25, 0.3) is 10.8 Å². The van der Waals surface area contributed by atoms with Gasteiger partial charge in [0.15, 0.2) is 0 Å². The van der Waals surface area contributed by atoms with Crippen LogP contribution in [-0.2, 0) is 0 Å². The summed E-state index contributed by atoms with van der Waals surface area (Å²) >= 11 is 0. The summed E-state index contributed by atoms with van der Waals surface area (Å²) in [7, 11) is 0. The maximum Gasteiger partial charge on any atom is 0.112 e. The van der Waals surface area contributed by atoms with E-state index in [-0.39, 0.29) is 5.41 Å². The maximum absolute atomic E-state index is 8.80. The van der Waals surface area contributed by atoms with E-state index < -0.39 is 0 Å². The summed E-state index contributed by atoms with van der Waals surface area (Å²) in [6, 6.07) is 14.6. The SMILES string of the molecule is CC(C)(CCC#N)C1=Nc2cccc3cccc(c23)N1. The predicted molar refractivity (Wildman–Crippen MR) is 83.3 cm³/mol. The Morgan fingerprint density at radius 2 is 1.95 bits per heavy atom. The number of hydrogen-bond donors (Lipinski definition) is 1. The van der Waals surface area contributed by atoms with E-state index in [9.17, 15) is 0 Å². The number of benzene rings is 2. The standard InChI is InChI=1S/C17H17N3/c1-17(2,10-5-11-18)16-19-13-8-3-6-12-7-4-9-14(20-16)15(12)13/h3-4,6-9H,5,10H2,1-2H3,(H,19,20). The zero-order chi connectivity index (χ0) is 14.2. The van der Waals surface area contributed by atoms with Gasteiger partial charge in [0.2, 0.25) is 0 Å². The van der Waals surface area contributed by atoms with Gasteiger partial charge in [-0.15, -0.1) is 0 Å². The minimum atomic E-state index is -0.134. The predicted octanol–water partition coefficient (Wildman–Crippen LogP) is 4.63. The highest BCUT2D eigenvalue weighted by molar-refractivity contribution is 6.14. The molecule has 0 amide bonds. The first-order chi connectivity index (χ1) is 9.62. The lowest BCUT2D eigenvalue weighted by atomic mass is 9.85. The van der Waals surface area contributed by atoms with Crippen molar-refractivity contribution >= 4 is 28.0 Å². The Labute approximate surface area is 118 Å². The van der Waals surface area contributed by atoms with Crippen molar-refractivity contribution in [2.75, 3.05) is 5.32 Å². The molecule has 0 saturated heterocycles. The van der Waals surface area contributed by atoms with Gasteiger partial charge in [-0.25, -0.2) is 4.99 Å². The maximum atomic E-state index is 8.80. The summed E-state index contributed by atoms with van der Waals surface area (Å²) in [5.41, 5.74) is 1.98. The van der Waals surface area contributed by atoms with Gasteiger partial charge in [-0.05, 0) is 23.9 Å². The highest BCUT2D eigenvalue weighted by atomic mass is 15.0. The van der Waals surface area contributed by atoms with Crippen molar-refractivity contribution in [1.29, 1.82) is 5.26 Å². The van der Waals surface area contributed by atoms with Gasteiger partial charge in [0, 0.05) is 22.9 Å². The monoisotopic (exact) mass is 263 g/mol. The topological polar surface area (TPSA) is 48.2 Å². The highest BCUT2D eigenvalue weighted by Crippen LogP contribution is 2.39. The van der Waals surface area contributed by atoms with E-state index >= 15 is 0 Å². The highest BCUT2D eigenvalue weighted by Gasteiger charge is 2.28. The van der Waals surface area contributed by atoms with Gasteiger partial charge in [-0.1, -0.05) is 38.1 Å². The molecule has 0 unspecified atom stereocenters. The van der Waals surface area contributed by atoms with Crippen molar-refractivity contribution in [2.45, 2.75) is 26.7 Å². The molecule has 0 aliphatic carbocycles. The van der Waals surface area contributed by atoms with Gasteiger partial charge in [-0.3, -0.25) is 0 Å². The van der Waals surface area contributed by atoms with Crippen molar-refractivity contribution in [1.82, 2.24) is 0 Å². The number of amidine groups is 1. The summed E-state index contributed by atoms with van der Waals surface area (Å²) in [4.78, 5) is 4.78. The second kappa shape index (κ2) is 4.64. The molecule has 2 aromatic carbocycles. The smallest absolute Gasteiger partial charge is 0.112 e. The molecule has 1 aliphatic rings. The van der Waals surface area contributed by atoms with Crippen LogP contribution in [0.5, 0.6) is 0 Å². The zero-order valence-electron chi connectivity index (χ0n) is 11.8. The molecule has 1 heterocycles. The Bertz CT molecular complexity index is 730. The van der Waals surface area contributed by atoms with Gasteiger partial charge in [0.1, 0.15) is 5.84 Å². The molecule has 0 spiro atoms. The molecule has 20 heavy (non-hydrogen) atoms. The van der Waals surface area contributed by atoms with Crippen LogP contribution < -0.4 is 5.32 Å². The minimum Gasteiger partial charge on any atom is -0.343 e. The van der Waals surface area contributed by atoms with E-state index in [1.807, 2.05) is 12.1 Å². The van der Waals surface area contributed by atoms with Crippen LogP contribution in [0, 0.1) is 16.7 Å². The number of nitrogens with one attached hydrogen (secondary N) is 1. The zero-order valence-corrected chi connectivity index (χ0v) is 11.8. The molecule has 2 aromatic rings. The second-order valence-electron chi connectivity index (χ2n) is 5.81. The Hall–Kier alpha value is -2.34. The Kier molecular flexibility index (Phi) is 2.94. The van der Waals surface area contributed by atoms with Crippen molar-refractivity contribution in [3.05, 3.63) is 36.4 Å². The number of nitrogens with zero attached hydrogens (tertiary/aromatic N) is 2. The molecule has 0 aromatic heterocycles. The summed E-state index contributed by atoms with van der Waals surface area (Å²) in [6.07, 6.45) is 1.34. The van der Waals surface area contributed by atoms with Gasteiger partial charge >= 0.3 is 0 Å². The van der Waals surface area contributed by atoms with Crippen LogP contribution in [0.1, 0.15) is 26.7 Å².